The van der Waals surface area contributed by atoms with Crippen molar-refractivity contribution in [1.82, 2.24) is 14.5 Å². The molecule has 0 N–H and O–H groups in total. The summed E-state index contributed by atoms with van der Waals surface area (Å²) in [4.78, 5) is 14.9. The molecule has 0 atom stereocenters. The Hall–Kier alpha value is -6.91. The first-order valence-corrected chi connectivity index (χ1v) is 25.3. The summed E-state index contributed by atoms with van der Waals surface area (Å²) < 4.78 is 22.6. The van der Waals surface area contributed by atoms with Crippen molar-refractivity contribution in [2.24, 2.45) is 0 Å². The predicted molar refractivity (Wildman–Crippen MR) is 302 cm³/mol. The zero-order chi connectivity index (χ0) is 50.1. The number of anilines is 4. The third-order valence-electron chi connectivity index (χ3n) is 14.2. The molecule has 11 rings (SSSR count). The van der Waals surface area contributed by atoms with E-state index in [-0.39, 0.29) is 16.0 Å². The van der Waals surface area contributed by atoms with Gasteiger partial charge in [0.05, 0.1) is 40.0 Å². The summed E-state index contributed by atoms with van der Waals surface area (Å²) >= 11 is 0. The van der Waals surface area contributed by atoms with Crippen molar-refractivity contribution in [2.45, 2.75) is 91.7 Å². The van der Waals surface area contributed by atoms with Gasteiger partial charge in [-0.1, -0.05) is 172 Å². The molecule has 0 spiro atoms. The molecule has 2 aliphatic heterocycles. The highest BCUT2D eigenvalue weighted by molar-refractivity contribution is 6.81. The largest absolute Gasteiger partial charge is 0.468 e. The second kappa shape index (κ2) is 18.3. The third kappa shape index (κ3) is 8.93. The number of aromatic nitrogens is 3. The van der Waals surface area contributed by atoms with E-state index in [2.05, 4.69) is 241 Å². The maximum Gasteiger partial charge on any atom is 0.468 e. The number of benzene rings is 6. The monoisotopic (exact) mass is 946 g/mol. The topological polar surface area (TPSA) is 64.9 Å². The summed E-state index contributed by atoms with van der Waals surface area (Å²) in [6.45, 7) is 22.4. The smallest absolute Gasteiger partial charge is 0.452 e. The summed E-state index contributed by atoms with van der Waals surface area (Å²) in [5, 5.41) is 1.82. The number of aryl methyl sites for hydroxylation is 1. The number of nitrogens with zero attached hydrogens (tertiary/aromatic N) is 5. The van der Waals surface area contributed by atoms with E-state index in [0.717, 1.165) is 61.9 Å². The first-order valence-electron chi connectivity index (χ1n) is 25.3. The number of hydrogen-bond acceptors (Lipinski definition) is 7. The molecule has 2 aliphatic rings. The average Bonchev–Trinajstić information content (AvgIpc) is 3.92. The van der Waals surface area contributed by atoms with Crippen LogP contribution in [0.5, 0.6) is 0 Å². The fourth-order valence-corrected chi connectivity index (χ4v) is 10.3. The van der Waals surface area contributed by atoms with Gasteiger partial charge in [0.2, 0.25) is 0 Å². The normalized spacial score (nSPS) is 14.5. The van der Waals surface area contributed by atoms with Gasteiger partial charge < -0.3 is 23.5 Å². The molecule has 358 valence electrons. The minimum absolute atomic E-state index is 0.0306. The molecular weight excluding hydrogens is 883 g/mol. The standard InChI is InChI=1S/C61H62B3N5O3/c1-41-46(34-42-28-30-50-51-37-45(43-20-13-11-14-21-43)29-31-53(51)69(56(50)35-42)57-38-47(32-33-65-57)59(2,3)4)36-48(39-66-41)67-40-68(55-27-18-17-26-54(55)67)58-49(44-22-15-12-16-23-44)24-19-25-52(58)62-70-63(60(5,6)7)72-64(71-62)61(8,9)10/h11-33,35-39H,34,40H2,1-10H3. The van der Waals surface area contributed by atoms with Crippen LogP contribution in [0.3, 0.4) is 0 Å². The quantitative estimate of drug-likeness (QED) is 0.141. The molecule has 0 unspecified atom stereocenters. The van der Waals surface area contributed by atoms with Gasteiger partial charge in [0, 0.05) is 33.7 Å². The molecule has 1 saturated heterocycles. The van der Waals surface area contributed by atoms with Gasteiger partial charge >= 0.3 is 21.4 Å². The lowest BCUT2D eigenvalue weighted by atomic mass is 9.50. The van der Waals surface area contributed by atoms with E-state index >= 15 is 0 Å². The van der Waals surface area contributed by atoms with E-state index in [9.17, 15) is 0 Å². The molecule has 0 aliphatic carbocycles. The second-order valence-electron chi connectivity index (χ2n) is 22.8. The third-order valence-corrected chi connectivity index (χ3v) is 14.2. The molecule has 8 nitrogen and oxygen atoms in total. The van der Waals surface area contributed by atoms with Crippen molar-refractivity contribution in [3.05, 3.63) is 193 Å². The molecule has 0 saturated carbocycles. The minimum atomic E-state index is -0.681. The Balaban J connectivity index is 0.989. The van der Waals surface area contributed by atoms with Crippen molar-refractivity contribution < 1.29 is 13.7 Å². The number of para-hydroxylation sites is 3. The summed E-state index contributed by atoms with van der Waals surface area (Å²) in [5.41, 5.74) is 16.6. The lowest BCUT2D eigenvalue weighted by molar-refractivity contribution is 0.250. The molecule has 0 bridgehead atoms. The van der Waals surface area contributed by atoms with Crippen molar-refractivity contribution in [3.63, 3.8) is 0 Å². The van der Waals surface area contributed by atoms with Crippen LogP contribution in [0.4, 0.5) is 22.7 Å². The average molecular weight is 946 g/mol. The van der Waals surface area contributed by atoms with Crippen molar-refractivity contribution in [3.8, 4) is 28.1 Å². The van der Waals surface area contributed by atoms with E-state index in [1.54, 1.807) is 0 Å². The van der Waals surface area contributed by atoms with E-state index < -0.39 is 21.4 Å². The van der Waals surface area contributed by atoms with Crippen LogP contribution in [-0.2, 0) is 25.6 Å². The van der Waals surface area contributed by atoms with Crippen molar-refractivity contribution in [1.29, 1.82) is 0 Å². The molecule has 5 heterocycles. The zero-order valence-electron chi connectivity index (χ0n) is 43.3. The SMILES string of the molecule is Cc1ncc(N2CN(c3c(B4OB(C(C)(C)C)OB(C(C)(C)C)O4)cccc3-c3ccccc3)c3ccccc32)cc1Cc1ccc2c3cc(-c4ccccc4)ccc3n(-c3cc(C(C)(C)C)ccn3)c2c1. The van der Waals surface area contributed by atoms with Crippen LogP contribution in [0, 0.1) is 6.92 Å². The molecular formula is C61H62B3N5O3. The lowest BCUT2D eigenvalue weighted by Crippen LogP contribution is -2.59. The number of fused-ring (bicyclic) bond motifs is 4. The fraction of sp³-hybridized carbons (Fsp3) is 0.246. The van der Waals surface area contributed by atoms with Crippen LogP contribution in [0.25, 0.3) is 49.9 Å². The summed E-state index contributed by atoms with van der Waals surface area (Å²) in [5.74, 6) is 0.916. The number of pyridine rings is 2. The summed E-state index contributed by atoms with van der Waals surface area (Å²) in [6.07, 6.45) is 4.68. The first-order chi connectivity index (χ1) is 34.5. The Morgan fingerprint density at radius 1 is 0.556 bits per heavy atom. The Morgan fingerprint density at radius 3 is 1.90 bits per heavy atom. The van der Waals surface area contributed by atoms with Crippen molar-refractivity contribution >= 4 is 71.4 Å². The highest BCUT2D eigenvalue weighted by atomic mass is 16.7. The maximum atomic E-state index is 6.86. The van der Waals surface area contributed by atoms with Gasteiger partial charge in [0.15, 0.2) is 0 Å². The maximum absolute atomic E-state index is 6.86. The van der Waals surface area contributed by atoms with E-state index in [1.165, 1.54) is 38.6 Å². The van der Waals surface area contributed by atoms with Gasteiger partial charge in [-0.2, -0.15) is 0 Å². The molecule has 1 fully saturated rings. The van der Waals surface area contributed by atoms with E-state index in [4.69, 9.17) is 23.7 Å². The molecule has 72 heavy (non-hydrogen) atoms. The van der Waals surface area contributed by atoms with Crippen LogP contribution in [0.1, 0.15) is 84.7 Å². The molecule has 6 aromatic carbocycles. The number of rotatable bonds is 8. The fourth-order valence-electron chi connectivity index (χ4n) is 10.3. The minimum Gasteiger partial charge on any atom is -0.452 e. The van der Waals surface area contributed by atoms with Gasteiger partial charge in [-0.05, 0) is 111 Å². The Kier molecular flexibility index (Phi) is 12.1. The first kappa shape index (κ1) is 47.4. The lowest BCUT2D eigenvalue weighted by Gasteiger charge is -2.41. The van der Waals surface area contributed by atoms with Crippen LogP contribution in [0.15, 0.2) is 170 Å². The molecule has 9 aromatic rings. The highest BCUT2D eigenvalue weighted by Crippen LogP contribution is 2.47. The van der Waals surface area contributed by atoms with Crippen LogP contribution >= 0.6 is 0 Å². The van der Waals surface area contributed by atoms with Gasteiger partial charge in [-0.15, -0.1) is 0 Å². The molecule has 3 aromatic heterocycles. The van der Waals surface area contributed by atoms with Gasteiger partial charge in [0.25, 0.3) is 0 Å². The second-order valence-corrected chi connectivity index (χ2v) is 22.8. The molecule has 0 amide bonds. The van der Waals surface area contributed by atoms with Gasteiger partial charge in [-0.3, -0.25) is 9.55 Å². The Labute approximate surface area is 426 Å². The van der Waals surface area contributed by atoms with Crippen LogP contribution in [-0.4, -0.2) is 42.6 Å². The summed E-state index contributed by atoms with van der Waals surface area (Å²) in [6, 6.07) is 56.9. The van der Waals surface area contributed by atoms with Gasteiger partial charge in [0.1, 0.15) is 12.5 Å². The number of hydrogen-bond donors (Lipinski definition) is 0. The highest BCUT2D eigenvalue weighted by Gasteiger charge is 2.52. The van der Waals surface area contributed by atoms with E-state index in [0.29, 0.717) is 13.1 Å². The Morgan fingerprint density at radius 2 is 1.22 bits per heavy atom. The van der Waals surface area contributed by atoms with Gasteiger partial charge in [-0.25, -0.2) is 4.98 Å². The van der Waals surface area contributed by atoms with E-state index in [1.807, 2.05) is 12.4 Å². The summed E-state index contributed by atoms with van der Waals surface area (Å²) in [7, 11) is -1.65. The Bertz CT molecular complexity index is 3450. The zero-order valence-corrected chi connectivity index (χ0v) is 43.3. The van der Waals surface area contributed by atoms with Crippen LogP contribution in [0.2, 0.25) is 10.6 Å². The molecule has 11 heteroatoms. The van der Waals surface area contributed by atoms with Crippen molar-refractivity contribution in [2.75, 3.05) is 16.5 Å². The predicted octanol–water partition coefficient (Wildman–Crippen LogP) is 14.7. The molecule has 0 radical (unpaired) electrons. The van der Waals surface area contributed by atoms with Crippen LogP contribution < -0.4 is 15.3 Å².